The highest BCUT2D eigenvalue weighted by Crippen LogP contribution is 2.34. The number of para-hydroxylation sites is 1. The monoisotopic (exact) mass is 238 g/mol. The molecule has 16 heavy (non-hydrogen) atoms. The van der Waals surface area contributed by atoms with Crippen LogP contribution in [0.25, 0.3) is 10.9 Å². The summed E-state index contributed by atoms with van der Waals surface area (Å²) >= 11 is 4.56. The average Bonchev–Trinajstić information content (AvgIpc) is 2.50. The van der Waals surface area contributed by atoms with E-state index in [1.54, 1.807) is 0 Å². The van der Waals surface area contributed by atoms with Gasteiger partial charge in [0, 0.05) is 5.39 Å². The summed E-state index contributed by atoms with van der Waals surface area (Å²) in [7, 11) is 0. The van der Waals surface area contributed by atoms with Crippen LogP contribution in [-0.2, 0) is 0 Å². The molecule has 0 atom stereocenters. The molecule has 0 bridgehead atoms. The Kier molecular flexibility index (Phi) is 3.54. The van der Waals surface area contributed by atoms with E-state index >= 15 is 0 Å². The minimum atomic E-state index is -0.0697. The molecule has 7 heteroatoms. The van der Waals surface area contributed by atoms with Gasteiger partial charge in [0.05, 0.1) is 5.52 Å². The zero-order chi connectivity index (χ0) is 10.8. The molecule has 0 aliphatic rings. The van der Waals surface area contributed by atoms with Crippen molar-refractivity contribution in [1.82, 2.24) is 4.98 Å². The number of nitrogens with two attached hydrogens (primary N) is 1. The van der Waals surface area contributed by atoms with Crippen molar-refractivity contribution in [3.63, 3.8) is 0 Å². The number of rotatable bonds is 1. The van der Waals surface area contributed by atoms with Crippen LogP contribution in [0, 0.1) is 0 Å². The fourth-order valence-corrected chi connectivity index (χ4v) is 1.35. The van der Waals surface area contributed by atoms with Crippen molar-refractivity contribution in [3.8, 4) is 5.88 Å². The summed E-state index contributed by atoms with van der Waals surface area (Å²) in [5, 5.41) is 17.6. The molecule has 0 saturated carbocycles. The van der Waals surface area contributed by atoms with Crippen LogP contribution in [0.1, 0.15) is 0 Å². The van der Waals surface area contributed by atoms with Gasteiger partial charge >= 0.3 is 0 Å². The second-order valence-electron chi connectivity index (χ2n) is 2.91. The summed E-state index contributed by atoms with van der Waals surface area (Å²) in [4.78, 5) is 2.77. The van der Waals surface area contributed by atoms with Crippen LogP contribution in [0.5, 0.6) is 5.88 Å². The molecule has 0 unspecified atom stereocenters. The van der Waals surface area contributed by atoms with E-state index in [-0.39, 0.29) is 16.5 Å². The van der Waals surface area contributed by atoms with Crippen molar-refractivity contribution >= 4 is 33.9 Å². The Morgan fingerprint density at radius 3 is 2.75 bits per heavy atom. The van der Waals surface area contributed by atoms with E-state index in [2.05, 4.69) is 27.4 Å². The molecule has 0 aliphatic carbocycles. The van der Waals surface area contributed by atoms with E-state index < -0.39 is 0 Å². The van der Waals surface area contributed by atoms with Crippen molar-refractivity contribution in [1.29, 1.82) is 0 Å². The summed E-state index contributed by atoms with van der Waals surface area (Å²) in [6.45, 7) is 0. The van der Waals surface area contributed by atoms with Crippen LogP contribution < -0.4 is 5.73 Å². The molecule has 1 heterocycles. The molecule has 0 spiro atoms. The first kappa shape index (κ1) is 12.1. The van der Waals surface area contributed by atoms with Crippen molar-refractivity contribution in [3.05, 3.63) is 24.3 Å². The second-order valence-corrected chi connectivity index (χ2v) is 3.32. The largest absolute Gasteiger partial charge is 0.493 e. The highest BCUT2D eigenvalue weighted by molar-refractivity contribution is 7.80. The number of benzene rings is 1. The molecule has 0 amide bonds. The number of hydrogen-bond donors (Lipinski definition) is 3. The van der Waals surface area contributed by atoms with Gasteiger partial charge in [-0.05, 0) is 18.3 Å². The van der Waals surface area contributed by atoms with E-state index in [0.29, 0.717) is 5.69 Å². The van der Waals surface area contributed by atoms with Gasteiger partial charge in [-0.2, -0.15) is 0 Å². The molecule has 6 N–H and O–H groups in total. The van der Waals surface area contributed by atoms with Gasteiger partial charge in [-0.15, -0.1) is 10.2 Å². The van der Waals surface area contributed by atoms with Crippen LogP contribution in [0.3, 0.4) is 0 Å². The second kappa shape index (κ2) is 4.69. The first-order valence-corrected chi connectivity index (χ1v) is 4.60. The molecule has 0 fully saturated rings. The maximum atomic E-state index is 9.55. The third-order valence-corrected chi connectivity index (χ3v) is 1.99. The molecule has 1 aromatic carbocycles. The molecule has 84 valence electrons. The Labute approximate surface area is 96.1 Å². The van der Waals surface area contributed by atoms with Crippen LogP contribution in [-0.4, -0.2) is 20.7 Å². The van der Waals surface area contributed by atoms with Crippen molar-refractivity contribution in [2.24, 2.45) is 16.0 Å². The minimum Gasteiger partial charge on any atom is -0.493 e. The van der Waals surface area contributed by atoms with Crippen LogP contribution >= 0.6 is 12.2 Å². The lowest BCUT2D eigenvalue weighted by Gasteiger charge is -1.89. The van der Waals surface area contributed by atoms with Crippen LogP contribution in [0.15, 0.2) is 34.5 Å². The summed E-state index contributed by atoms with van der Waals surface area (Å²) in [5.41, 5.74) is 6.31. The molecule has 1 aromatic heterocycles. The van der Waals surface area contributed by atoms with Crippen molar-refractivity contribution in [2.45, 2.75) is 0 Å². The molecule has 0 saturated heterocycles. The highest BCUT2D eigenvalue weighted by atomic mass is 32.1. The number of nitrogens with one attached hydrogen (secondary N) is 1. The smallest absolute Gasteiger partial charge is 0.218 e. The number of thiocarbonyl (C=S) groups is 1. The fourth-order valence-electron chi connectivity index (χ4n) is 1.31. The number of hydrogen-bond acceptors (Lipinski definition) is 3. The summed E-state index contributed by atoms with van der Waals surface area (Å²) < 4.78 is 0. The average molecular weight is 238 g/mol. The zero-order valence-corrected chi connectivity index (χ0v) is 8.95. The first-order valence-electron chi connectivity index (χ1n) is 4.19. The van der Waals surface area contributed by atoms with Gasteiger partial charge in [0.1, 0.15) is 0 Å². The SMILES string of the molecule is NC(=S)N=Nc1c(O)[nH]c2ccccc12.O. The van der Waals surface area contributed by atoms with Crippen LogP contribution in [0.2, 0.25) is 0 Å². The first-order chi connectivity index (χ1) is 7.18. The Balaban J connectivity index is 0.00000128. The zero-order valence-electron chi connectivity index (χ0n) is 8.14. The standard InChI is InChI=1S/C9H8N4OS.H2O/c10-9(15)13-12-7-5-3-1-2-4-6(5)11-8(7)14;/h1-4,11,14H,(H2,10,15);1H2. The lowest BCUT2D eigenvalue weighted by Crippen LogP contribution is -2.01. The number of azo groups is 1. The van der Waals surface area contributed by atoms with Crippen molar-refractivity contribution < 1.29 is 10.6 Å². The molecular weight excluding hydrogens is 228 g/mol. The maximum Gasteiger partial charge on any atom is 0.218 e. The number of aromatic amines is 1. The molecular formula is C9H10N4O2S. The molecule has 2 aromatic rings. The van der Waals surface area contributed by atoms with E-state index in [1.165, 1.54) is 0 Å². The predicted octanol–water partition coefficient (Wildman–Crippen LogP) is 1.38. The maximum absolute atomic E-state index is 9.55. The Morgan fingerprint density at radius 1 is 1.38 bits per heavy atom. The Morgan fingerprint density at radius 2 is 2.06 bits per heavy atom. The van der Waals surface area contributed by atoms with Gasteiger partial charge in [0.2, 0.25) is 11.0 Å². The lowest BCUT2D eigenvalue weighted by atomic mass is 10.2. The Hall–Kier alpha value is -1.99. The van der Waals surface area contributed by atoms with E-state index in [9.17, 15) is 5.11 Å². The van der Waals surface area contributed by atoms with Crippen LogP contribution in [0.4, 0.5) is 5.69 Å². The van der Waals surface area contributed by atoms with E-state index in [4.69, 9.17) is 5.73 Å². The summed E-state index contributed by atoms with van der Waals surface area (Å²) in [6, 6.07) is 7.34. The molecule has 0 radical (unpaired) electrons. The normalized spacial score (nSPS) is 10.5. The van der Waals surface area contributed by atoms with Gasteiger partial charge in [-0.1, -0.05) is 18.2 Å². The van der Waals surface area contributed by atoms with Gasteiger partial charge in [-0.3, -0.25) is 0 Å². The summed E-state index contributed by atoms with van der Waals surface area (Å²) in [5.74, 6) is -0.0452. The van der Waals surface area contributed by atoms with Gasteiger partial charge in [0.25, 0.3) is 0 Å². The molecule has 0 aliphatic heterocycles. The summed E-state index contributed by atoms with van der Waals surface area (Å²) in [6.07, 6.45) is 0. The van der Waals surface area contributed by atoms with E-state index in [1.807, 2.05) is 24.3 Å². The molecule has 2 rings (SSSR count). The highest BCUT2D eigenvalue weighted by Gasteiger charge is 2.08. The fraction of sp³-hybridized carbons (Fsp3) is 0. The van der Waals surface area contributed by atoms with Gasteiger partial charge in [-0.25, -0.2) is 0 Å². The van der Waals surface area contributed by atoms with Gasteiger partial charge in [0.15, 0.2) is 5.69 Å². The number of H-pyrrole nitrogens is 1. The van der Waals surface area contributed by atoms with Crippen molar-refractivity contribution in [2.75, 3.05) is 0 Å². The third-order valence-electron chi connectivity index (χ3n) is 1.91. The third kappa shape index (κ3) is 2.15. The number of fused-ring (bicyclic) bond motifs is 1. The Bertz CT molecular complexity index is 549. The topological polar surface area (TPSA) is 118 Å². The van der Waals surface area contributed by atoms with Gasteiger partial charge < -0.3 is 21.3 Å². The molecule has 6 nitrogen and oxygen atoms in total. The lowest BCUT2D eigenvalue weighted by molar-refractivity contribution is 0.459. The predicted molar refractivity (Wildman–Crippen MR) is 64.9 cm³/mol. The van der Waals surface area contributed by atoms with E-state index in [0.717, 1.165) is 10.9 Å². The number of aromatic nitrogens is 1. The number of aromatic hydroxyl groups is 1. The number of nitrogens with zero attached hydrogens (tertiary/aromatic N) is 2. The quantitative estimate of drug-likeness (QED) is 0.514. The minimum absolute atomic E-state index is 0.